The summed E-state index contributed by atoms with van der Waals surface area (Å²) in [6.07, 6.45) is 2.27. The van der Waals surface area contributed by atoms with Crippen molar-refractivity contribution in [3.05, 3.63) is 33.4 Å². The van der Waals surface area contributed by atoms with Crippen LogP contribution in [-0.2, 0) is 13.0 Å². The predicted molar refractivity (Wildman–Crippen MR) is 92.7 cm³/mol. The number of fused-ring (bicyclic) bond motifs is 1. The Morgan fingerprint density at radius 2 is 2.08 bits per heavy atom. The van der Waals surface area contributed by atoms with Crippen molar-refractivity contribution in [3.8, 4) is 17.3 Å². The highest BCUT2D eigenvalue weighted by Gasteiger charge is 2.57. The zero-order valence-corrected chi connectivity index (χ0v) is 15.2. The van der Waals surface area contributed by atoms with E-state index in [1.165, 1.54) is 10.6 Å². The van der Waals surface area contributed by atoms with E-state index in [1.54, 1.807) is 4.57 Å². The van der Waals surface area contributed by atoms with Gasteiger partial charge in [0.25, 0.3) is 5.92 Å². The summed E-state index contributed by atoms with van der Waals surface area (Å²) in [6, 6.07) is 2.33. The summed E-state index contributed by atoms with van der Waals surface area (Å²) in [6.45, 7) is 0.450. The van der Waals surface area contributed by atoms with E-state index in [4.69, 9.17) is 28.6 Å². The minimum atomic E-state index is -2.71. The molecule has 1 aliphatic heterocycles. The molecule has 1 atom stereocenters. The first kappa shape index (κ1) is 17.7. The van der Waals surface area contributed by atoms with Crippen molar-refractivity contribution in [2.45, 2.75) is 38.2 Å². The van der Waals surface area contributed by atoms with Crippen LogP contribution >= 0.6 is 23.8 Å². The maximum Gasteiger partial charge on any atom is 0.255 e. The predicted octanol–water partition coefficient (Wildman–Crippen LogP) is 4.88. The van der Waals surface area contributed by atoms with E-state index in [9.17, 15) is 18.3 Å². The summed E-state index contributed by atoms with van der Waals surface area (Å²) in [4.78, 5) is 0. The molecular formula is C17H16ClF3N2O2S. The van der Waals surface area contributed by atoms with Crippen LogP contribution in [0.15, 0.2) is 12.1 Å². The SMILES string of the molecule is Oc1c2n(c(=S)n1-c1cc(OCC3CC3(F)F)c(Cl)cc1F)CCCC2. The van der Waals surface area contributed by atoms with E-state index in [0.717, 1.165) is 18.9 Å². The molecule has 2 aliphatic rings. The zero-order chi connectivity index (χ0) is 18.6. The maximum atomic E-state index is 14.5. The lowest BCUT2D eigenvalue weighted by Crippen LogP contribution is -2.09. The average molecular weight is 405 g/mol. The van der Waals surface area contributed by atoms with Gasteiger partial charge in [0.05, 0.1) is 28.9 Å². The second kappa shape index (κ2) is 6.20. The van der Waals surface area contributed by atoms with Crippen molar-refractivity contribution in [2.24, 2.45) is 5.92 Å². The Hall–Kier alpha value is -1.67. The Morgan fingerprint density at radius 3 is 2.73 bits per heavy atom. The fourth-order valence-electron chi connectivity index (χ4n) is 3.27. The molecular weight excluding hydrogens is 389 g/mol. The molecule has 2 aromatic rings. The number of rotatable bonds is 4. The zero-order valence-electron chi connectivity index (χ0n) is 13.6. The molecule has 0 saturated heterocycles. The molecule has 1 unspecified atom stereocenters. The summed E-state index contributed by atoms with van der Waals surface area (Å²) in [7, 11) is 0. The van der Waals surface area contributed by atoms with Gasteiger partial charge in [-0.3, -0.25) is 4.57 Å². The van der Waals surface area contributed by atoms with E-state index in [0.29, 0.717) is 18.7 Å². The van der Waals surface area contributed by atoms with Gasteiger partial charge in [0.15, 0.2) is 4.77 Å². The molecule has 4 nitrogen and oxygen atoms in total. The normalized spacial score (nSPS) is 20.7. The van der Waals surface area contributed by atoms with Gasteiger partial charge in [0.2, 0.25) is 5.88 Å². The van der Waals surface area contributed by atoms with Gasteiger partial charge in [0, 0.05) is 19.0 Å². The molecule has 1 aromatic carbocycles. The van der Waals surface area contributed by atoms with Crippen molar-refractivity contribution >= 4 is 23.8 Å². The molecule has 0 amide bonds. The van der Waals surface area contributed by atoms with E-state index < -0.39 is 17.7 Å². The number of benzene rings is 1. The quantitative estimate of drug-likeness (QED) is 0.738. The minimum Gasteiger partial charge on any atom is -0.493 e. The van der Waals surface area contributed by atoms with E-state index in [1.807, 2.05) is 0 Å². The lowest BCUT2D eigenvalue weighted by atomic mass is 10.1. The Balaban J connectivity index is 1.72. The van der Waals surface area contributed by atoms with Gasteiger partial charge >= 0.3 is 0 Å². The molecule has 26 heavy (non-hydrogen) atoms. The number of nitrogens with zero attached hydrogens (tertiary/aromatic N) is 2. The second-order valence-electron chi connectivity index (χ2n) is 6.70. The van der Waals surface area contributed by atoms with Crippen LogP contribution in [-0.4, -0.2) is 26.8 Å². The largest absolute Gasteiger partial charge is 0.493 e. The molecule has 140 valence electrons. The number of alkyl halides is 2. The average Bonchev–Trinajstić information content (AvgIpc) is 3.13. The lowest BCUT2D eigenvalue weighted by Gasteiger charge is -2.12. The van der Waals surface area contributed by atoms with E-state index in [-0.39, 0.29) is 40.1 Å². The number of aromatic hydroxyl groups is 1. The fourth-order valence-corrected chi connectivity index (χ4v) is 3.87. The van der Waals surface area contributed by atoms with Crippen molar-refractivity contribution < 1.29 is 23.0 Å². The molecule has 1 aliphatic carbocycles. The third-order valence-electron chi connectivity index (χ3n) is 4.90. The third-order valence-corrected chi connectivity index (χ3v) is 5.60. The van der Waals surface area contributed by atoms with Crippen LogP contribution in [0.25, 0.3) is 5.69 Å². The molecule has 9 heteroatoms. The van der Waals surface area contributed by atoms with Gasteiger partial charge in [-0.2, -0.15) is 0 Å². The van der Waals surface area contributed by atoms with Crippen LogP contribution in [0.3, 0.4) is 0 Å². The molecule has 1 aromatic heterocycles. The van der Waals surface area contributed by atoms with Crippen molar-refractivity contribution in [1.29, 1.82) is 0 Å². The van der Waals surface area contributed by atoms with Gasteiger partial charge in [-0.05, 0) is 37.5 Å². The van der Waals surface area contributed by atoms with Crippen LogP contribution in [0.4, 0.5) is 13.2 Å². The summed E-state index contributed by atoms with van der Waals surface area (Å²) in [5, 5.41) is 10.5. The summed E-state index contributed by atoms with van der Waals surface area (Å²) in [5.74, 6) is -4.29. The third kappa shape index (κ3) is 2.89. The topological polar surface area (TPSA) is 39.3 Å². The number of hydrogen-bond acceptors (Lipinski definition) is 3. The highest BCUT2D eigenvalue weighted by atomic mass is 35.5. The van der Waals surface area contributed by atoms with Crippen LogP contribution in [0.1, 0.15) is 25.0 Å². The number of halogens is 4. The number of hydrogen-bond donors (Lipinski definition) is 1. The summed E-state index contributed by atoms with van der Waals surface area (Å²) < 4.78 is 49.2. The molecule has 0 radical (unpaired) electrons. The van der Waals surface area contributed by atoms with Crippen LogP contribution in [0.5, 0.6) is 11.6 Å². The standard InChI is InChI=1S/C17H16ClF3N2O2S/c18-10-5-11(19)13(6-14(10)25-8-9-7-17(9,20)21)23-15(24)12-3-1-2-4-22(12)16(23)26/h5-6,9,24H,1-4,7-8H2. The Bertz CT molecular complexity index is 941. The molecule has 1 saturated carbocycles. The molecule has 0 spiro atoms. The molecule has 1 N–H and O–H groups in total. The molecule has 0 bridgehead atoms. The first-order valence-electron chi connectivity index (χ1n) is 8.33. The fraction of sp³-hybridized carbons (Fsp3) is 0.471. The lowest BCUT2D eigenvalue weighted by molar-refractivity contribution is 0.0856. The monoisotopic (exact) mass is 404 g/mol. The first-order chi connectivity index (χ1) is 12.3. The van der Waals surface area contributed by atoms with Crippen molar-refractivity contribution in [3.63, 3.8) is 0 Å². The molecule has 4 rings (SSSR count). The second-order valence-corrected chi connectivity index (χ2v) is 7.48. The first-order valence-corrected chi connectivity index (χ1v) is 9.11. The van der Waals surface area contributed by atoms with Gasteiger partial charge < -0.3 is 14.4 Å². The highest BCUT2D eigenvalue weighted by Crippen LogP contribution is 2.49. The van der Waals surface area contributed by atoms with Crippen molar-refractivity contribution in [2.75, 3.05) is 6.61 Å². The Kier molecular flexibility index (Phi) is 4.23. The molecule has 2 heterocycles. The molecule has 1 fully saturated rings. The van der Waals surface area contributed by atoms with E-state index in [2.05, 4.69) is 0 Å². The van der Waals surface area contributed by atoms with Gasteiger partial charge in [-0.1, -0.05) is 11.6 Å². The smallest absolute Gasteiger partial charge is 0.255 e. The highest BCUT2D eigenvalue weighted by molar-refractivity contribution is 7.71. The van der Waals surface area contributed by atoms with Gasteiger partial charge in [-0.25, -0.2) is 13.2 Å². The minimum absolute atomic E-state index is 0.0173. The maximum absolute atomic E-state index is 14.5. The van der Waals surface area contributed by atoms with Crippen LogP contribution in [0, 0.1) is 16.5 Å². The number of ether oxygens (including phenoxy) is 1. The van der Waals surface area contributed by atoms with Crippen LogP contribution in [0.2, 0.25) is 5.02 Å². The van der Waals surface area contributed by atoms with Crippen LogP contribution < -0.4 is 4.74 Å². The Labute approximate surface area is 157 Å². The summed E-state index contributed by atoms with van der Waals surface area (Å²) in [5.41, 5.74) is 0.645. The van der Waals surface area contributed by atoms with E-state index >= 15 is 0 Å². The number of imidazole rings is 1. The van der Waals surface area contributed by atoms with Crippen molar-refractivity contribution in [1.82, 2.24) is 9.13 Å². The summed E-state index contributed by atoms with van der Waals surface area (Å²) >= 11 is 11.4. The Morgan fingerprint density at radius 1 is 1.35 bits per heavy atom. The van der Waals surface area contributed by atoms with Gasteiger partial charge in [0.1, 0.15) is 11.6 Å². The van der Waals surface area contributed by atoms with Gasteiger partial charge in [-0.15, -0.1) is 0 Å². The number of aromatic nitrogens is 2.